The van der Waals surface area contributed by atoms with Crippen LogP contribution in [0.4, 0.5) is 5.69 Å². The molecular formula is C21H21N3O4S. The van der Waals surface area contributed by atoms with Crippen LogP contribution in [-0.2, 0) is 9.59 Å². The van der Waals surface area contributed by atoms with Gasteiger partial charge in [-0.25, -0.2) is 0 Å². The number of ether oxygens (including phenoxy) is 2. The lowest BCUT2D eigenvalue weighted by molar-refractivity contribution is -0.121. The molecule has 2 N–H and O–H groups in total. The molecule has 0 atom stereocenters. The largest absolute Gasteiger partial charge is 0.493 e. The number of carbonyl (C=O) groups excluding carboxylic acids is 2. The maximum Gasteiger partial charge on any atom is 0.276 e. The summed E-state index contributed by atoms with van der Waals surface area (Å²) in [4.78, 5) is 25.6. The highest BCUT2D eigenvalue weighted by atomic mass is 32.1. The molecule has 150 valence electrons. The van der Waals surface area contributed by atoms with Crippen LogP contribution >= 0.6 is 12.2 Å². The Morgan fingerprint density at radius 2 is 1.93 bits per heavy atom. The van der Waals surface area contributed by atoms with Gasteiger partial charge in [-0.05, 0) is 55.0 Å². The van der Waals surface area contributed by atoms with Crippen LogP contribution in [0.2, 0.25) is 0 Å². The van der Waals surface area contributed by atoms with Gasteiger partial charge < -0.3 is 20.1 Å². The van der Waals surface area contributed by atoms with Crippen molar-refractivity contribution in [3.05, 3.63) is 59.3 Å². The van der Waals surface area contributed by atoms with Gasteiger partial charge in [0.05, 0.1) is 7.11 Å². The van der Waals surface area contributed by atoms with Gasteiger partial charge in [0, 0.05) is 12.7 Å². The number of benzene rings is 2. The van der Waals surface area contributed by atoms with E-state index in [4.69, 9.17) is 21.7 Å². The maximum absolute atomic E-state index is 12.1. The molecule has 0 bridgehead atoms. The zero-order valence-electron chi connectivity index (χ0n) is 16.3. The Balaban J connectivity index is 1.66. The topological polar surface area (TPSA) is 79.9 Å². The molecule has 0 aliphatic carbocycles. The lowest BCUT2D eigenvalue weighted by Crippen LogP contribution is -2.25. The lowest BCUT2D eigenvalue weighted by Gasteiger charge is -2.12. The van der Waals surface area contributed by atoms with Gasteiger partial charge in [0.1, 0.15) is 5.70 Å². The zero-order chi connectivity index (χ0) is 21.0. The third-order valence-corrected chi connectivity index (χ3v) is 4.65. The van der Waals surface area contributed by atoms with Gasteiger partial charge >= 0.3 is 0 Å². The van der Waals surface area contributed by atoms with Crippen LogP contribution in [0.1, 0.15) is 11.1 Å². The molecule has 29 heavy (non-hydrogen) atoms. The summed E-state index contributed by atoms with van der Waals surface area (Å²) in [6, 6.07) is 12.7. The molecule has 2 aromatic rings. The fraction of sp³-hybridized carbons (Fsp3) is 0.190. The number of thiocarbonyl (C=S) groups is 1. The summed E-state index contributed by atoms with van der Waals surface area (Å²) in [5, 5.41) is 5.99. The van der Waals surface area contributed by atoms with Crippen LogP contribution in [0, 0.1) is 6.92 Å². The molecule has 2 amide bonds. The Kier molecular flexibility index (Phi) is 6.13. The minimum absolute atomic E-state index is 0.163. The average molecular weight is 411 g/mol. The Labute approximate surface area is 174 Å². The van der Waals surface area contributed by atoms with Crippen molar-refractivity contribution in [3.8, 4) is 11.5 Å². The second-order valence-corrected chi connectivity index (χ2v) is 6.85. The van der Waals surface area contributed by atoms with E-state index in [0.29, 0.717) is 28.0 Å². The van der Waals surface area contributed by atoms with E-state index in [-0.39, 0.29) is 18.4 Å². The predicted molar refractivity (Wildman–Crippen MR) is 115 cm³/mol. The number of methoxy groups -OCH3 is 1. The van der Waals surface area contributed by atoms with E-state index in [0.717, 1.165) is 11.1 Å². The molecule has 0 unspecified atom stereocenters. The fourth-order valence-corrected chi connectivity index (χ4v) is 2.85. The first kappa shape index (κ1) is 20.3. The molecule has 1 aliphatic rings. The highest BCUT2D eigenvalue weighted by Gasteiger charge is 2.27. The van der Waals surface area contributed by atoms with Crippen LogP contribution in [0.5, 0.6) is 11.5 Å². The van der Waals surface area contributed by atoms with Gasteiger partial charge in [-0.15, -0.1) is 0 Å². The number of rotatable bonds is 6. The van der Waals surface area contributed by atoms with E-state index in [1.807, 2.05) is 31.2 Å². The summed E-state index contributed by atoms with van der Waals surface area (Å²) in [5.74, 6) is 0.386. The molecule has 2 aromatic carbocycles. The minimum atomic E-state index is -0.278. The predicted octanol–water partition coefficient (Wildman–Crippen LogP) is 2.71. The molecule has 1 aliphatic heterocycles. The first-order chi connectivity index (χ1) is 13.9. The summed E-state index contributed by atoms with van der Waals surface area (Å²) < 4.78 is 11.0. The molecule has 1 saturated heterocycles. The SMILES string of the molecule is COc1cc(/C=C2/NC(=S)N(C)C2=O)ccc1OCC(=O)Nc1ccc(C)cc1. The quantitative estimate of drug-likeness (QED) is 0.562. The van der Waals surface area contributed by atoms with Gasteiger partial charge in [0.15, 0.2) is 23.2 Å². The highest BCUT2D eigenvalue weighted by molar-refractivity contribution is 7.80. The second-order valence-electron chi connectivity index (χ2n) is 6.47. The van der Waals surface area contributed by atoms with E-state index < -0.39 is 0 Å². The number of anilines is 1. The Morgan fingerprint density at radius 1 is 1.21 bits per heavy atom. The third-order valence-electron chi connectivity index (χ3n) is 4.27. The smallest absolute Gasteiger partial charge is 0.276 e. The summed E-state index contributed by atoms with van der Waals surface area (Å²) in [6.45, 7) is 1.82. The Hall–Kier alpha value is -3.39. The van der Waals surface area contributed by atoms with E-state index in [1.165, 1.54) is 12.0 Å². The number of nitrogens with zero attached hydrogens (tertiary/aromatic N) is 1. The summed E-state index contributed by atoms with van der Waals surface area (Å²) in [5.41, 5.74) is 2.93. The highest BCUT2D eigenvalue weighted by Crippen LogP contribution is 2.29. The van der Waals surface area contributed by atoms with Crippen molar-refractivity contribution < 1.29 is 19.1 Å². The molecule has 7 nitrogen and oxygen atoms in total. The van der Waals surface area contributed by atoms with Gasteiger partial charge in [0.2, 0.25) is 0 Å². The van der Waals surface area contributed by atoms with Gasteiger partial charge in [-0.1, -0.05) is 23.8 Å². The molecule has 1 fully saturated rings. The molecule has 0 radical (unpaired) electrons. The number of likely N-dealkylation sites (N-methyl/N-ethyl adjacent to an activating group) is 1. The van der Waals surface area contributed by atoms with E-state index in [9.17, 15) is 9.59 Å². The number of hydrogen-bond donors (Lipinski definition) is 2. The lowest BCUT2D eigenvalue weighted by atomic mass is 10.1. The molecule has 0 aromatic heterocycles. The number of carbonyl (C=O) groups is 2. The van der Waals surface area contributed by atoms with E-state index in [1.54, 1.807) is 31.3 Å². The number of amides is 2. The van der Waals surface area contributed by atoms with Crippen molar-refractivity contribution in [2.24, 2.45) is 0 Å². The van der Waals surface area contributed by atoms with Crippen molar-refractivity contribution in [1.29, 1.82) is 0 Å². The zero-order valence-corrected chi connectivity index (χ0v) is 17.1. The summed E-state index contributed by atoms with van der Waals surface area (Å²) in [6.07, 6.45) is 1.68. The maximum atomic E-state index is 12.1. The first-order valence-corrected chi connectivity index (χ1v) is 9.26. The number of aryl methyl sites for hydroxylation is 1. The van der Waals surface area contributed by atoms with Crippen molar-refractivity contribution in [3.63, 3.8) is 0 Å². The monoisotopic (exact) mass is 411 g/mol. The Bertz CT molecular complexity index is 986. The first-order valence-electron chi connectivity index (χ1n) is 8.85. The van der Waals surface area contributed by atoms with Gasteiger partial charge in [-0.3, -0.25) is 14.5 Å². The van der Waals surface area contributed by atoms with Crippen molar-refractivity contribution in [2.75, 3.05) is 26.1 Å². The third kappa shape index (κ3) is 4.91. The molecule has 0 saturated carbocycles. The summed E-state index contributed by atoms with van der Waals surface area (Å²) >= 11 is 5.06. The molecule has 1 heterocycles. The standard InChI is InChI=1S/C21H21N3O4S/c1-13-4-7-15(8-5-13)22-19(25)12-28-17-9-6-14(11-18(17)27-3)10-16-20(26)24(2)21(29)23-16/h4-11H,12H2,1-3H3,(H,22,25)(H,23,29)/b16-10+. The van der Waals surface area contributed by atoms with Crippen LogP contribution in [0.15, 0.2) is 48.2 Å². The van der Waals surface area contributed by atoms with Gasteiger partial charge in [0.25, 0.3) is 11.8 Å². The summed E-state index contributed by atoms with van der Waals surface area (Å²) in [7, 11) is 3.12. The minimum Gasteiger partial charge on any atom is -0.493 e. The van der Waals surface area contributed by atoms with Crippen LogP contribution in [0.25, 0.3) is 6.08 Å². The van der Waals surface area contributed by atoms with Crippen molar-refractivity contribution in [1.82, 2.24) is 10.2 Å². The van der Waals surface area contributed by atoms with Crippen molar-refractivity contribution in [2.45, 2.75) is 6.92 Å². The molecule has 8 heteroatoms. The van der Waals surface area contributed by atoms with Crippen LogP contribution in [0.3, 0.4) is 0 Å². The molecular weight excluding hydrogens is 390 g/mol. The molecule has 0 spiro atoms. The number of hydrogen-bond acceptors (Lipinski definition) is 5. The molecule has 3 rings (SSSR count). The average Bonchev–Trinajstić information content (AvgIpc) is 2.95. The Morgan fingerprint density at radius 3 is 2.55 bits per heavy atom. The van der Waals surface area contributed by atoms with Gasteiger partial charge in [-0.2, -0.15) is 0 Å². The van der Waals surface area contributed by atoms with E-state index in [2.05, 4.69) is 10.6 Å². The van der Waals surface area contributed by atoms with E-state index >= 15 is 0 Å². The van der Waals surface area contributed by atoms with Crippen LogP contribution in [-0.4, -0.2) is 42.6 Å². The van der Waals surface area contributed by atoms with Crippen LogP contribution < -0.4 is 20.1 Å². The number of nitrogens with one attached hydrogen (secondary N) is 2. The second kappa shape index (κ2) is 8.74. The normalized spacial score (nSPS) is 14.7. The van der Waals surface area contributed by atoms with Crippen molar-refractivity contribution >= 4 is 40.9 Å². The fourth-order valence-electron chi connectivity index (χ4n) is 2.66.